The van der Waals surface area contributed by atoms with Crippen molar-refractivity contribution in [1.29, 1.82) is 0 Å². The van der Waals surface area contributed by atoms with Gasteiger partial charge < -0.3 is 15.2 Å². The van der Waals surface area contributed by atoms with E-state index in [1.54, 1.807) is 0 Å². The number of anilines is 1. The normalized spacial score (nSPS) is 18.1. The maximum atomic E-state index is 5.75. The molecule has 0 radical (unpaired) electrons. The third-order valence-electron chi connectivity index (χ3n) is 4.56. The van der Waals surface area contributed by atoms with E-state index >= 15 is 0 Å². The van der Waals surface area contributed by atoms with Gasteiger partial charge in [-0.2, -0.15) is 0 Å². The second-order valence-electron chi connectivity index (χ2n) is 6.03. The Morgan fingerprint density at radius 3 is 2.91 bits per heavy atom. The number of hydrogen-bond donors (Lipinski definition) is 1. The van der Waals surface area contributed by atoms with Gasteiger partial charge in [-0.15, -0.1) is 10.2 Å². The molecular formula is C16H21N5O2. The van der Waals surface area contributed by atoms with Crippen molar-refractivity contribution in [3.63, 3.8) is 0 Å². The molecule has 1 fully saturated rings. The summed E-state index contributed by atoms with van der Waals surface area (Å²) in [6, 6.07) is 1.93. The van der Waals surface area contributed by atoms with Crippen LogP contribution in [0.2, 0.25) is 0 Å². The molecule has 1 saturated heterocycles. The van der Waals surface area contributed by atoms with Crippen molar-refractivity contribution in [2.45, 2.75) is 19.3 Å². The first-order valence-electron chi connectivity index (χ1n) is 8.19. The largest absolute Gasteiger partial charge is 0.493 e. The molecule has 0 amide bonds. The predicted molar refractivity (Wildman–Crippen MR) is 86.5 cm³/mol. The molecule has 2 aromatic rings. The van der Waals surface area contributed by atoms with Crippen LogP contribution in [0.1, 0.15) is 17.5 Å². The van der Waals surface area contributed by atoms with Crippen LogP contribution in [0, 0.1) is 0 Å². The maximum absolute atomic E-state index is 5.75. The zero-order valence-electron chi connectivity index (χ0n) is 13.1. The fraction of sp³-hybridized carbons (Fsp3) is 0.562. The molecule has 1 aromatic heterocycles. The average Bonchev–Trinajstić information content (AvgIpc) is 3.04. The summed E-state index contributed by atoms with van der Waals surface area (Å²) in [5.74, 6) is 1.16. The number of ether oxygens (including phenoxy) is 2. The Morgan fingerprint density at radius 1 is 1.17 bits per heavy atom. The second-order valence-corrected chi connectivity index (χ2v) is 6.03. The fourth-order valence-corrected chi connectivity index (χ4v) is 3.41. The van der Waals surface area contributed by atoms with Gasteiger partial charge in [-0.25, -0.2) is 4.98 Å². The van der Waals surface area contributed by atoms with Gasteiger partial charge in [0, 0.05) is 31.1 Å². The average molecular weight is 315 g/mol. The molecule has 1 aromatic carbocycles. The first kappa shape index (κ1) is 14.6. The SMILES string of the molecule is Nc1nnc2cc3c(c(CCCN4CCOCC4)c2n1)CCO3. The molecule has 0 atom stereocenters. The number of hydrogen-bond acceptors (Lipinski definition) is 7. The third kappa shape index (κ3) is 2.94. The van der Waals surface area contributed by atoms with Gasteiger partial charge >= 0.3 is 0 Å². The smallest absolute Gasteiger partial charge is 0.240 e. The van der Waals surface area contributed by atoms with E-state index in [1.165, 1.54) is 11.1 Å². The molecule has 0 aliphatic carbocycles. The minimum atomic E-state index is 0.228. The van der Waals surface area contributed by atoms with E-state index in [1.807, 2.05) is 6.07 Å². The molecule has 7 heteroatoms. The number of rotatable bonds is 4. The Kier molecular flexibility index (Phi) is 3.97. The molecule has 0 unspecified atom stereocenters. The summed E-state index contributed by atoms with van der Waals surface area (Å²) in [6.07, 6.45) is 2.97. The van der Waals surface area contributed by atoms with Crippen LogP contribution < -0.4 is 10.5 Å². The molecule has 2 aliphatic rings. The highest BCUT2D eigenvalue weighted by Crippen LogP contribution is 2.34. The van der Waals surface area contributed by atoms with Crippen LogP contribution in [-0.4, -0.2) is 59.5 Å². The van der Waals surface area contributed by atoms with Crippen molar-refractivity contribution in [2.75, 3.05) is 45.2 Å². The molecule has 0 bridgehead atoms. The highest BCUT2D eigenvalue weighted by molar-refractivity contribution is 5.82. The highest BCUT2D eigenvalue weighted by Gasteiger charge is 2.21. The lowest BCUT2D eigenvalue weighted by Crippen LogP contribution is -2.37. The van der Waals surface area contributed by atoms with Crippen LogP contribution in [0.5, 0.6) is 5.75 Å². The van der Waals surface area contributed by atoms with Crippen molar-refractivity contribution in [3.05, 3.63) is 17.2 Å². The van der Waals surface area contributed by atoms with Gasteiger partial charge in [0.05, 0.1) is 25.3 Å². The van der Waals surface area contributed by atoms with E-state index in [0.29, 0.717) is 0 Å². The molecule has 0 spiro atoms. The van der Waals surface area contributed by atoms with E-state index < -0.39 is 0 Å². The summed E-state index contributed by atoms with van der Waals surface area (Å²) in [5, 5.41) is 8.04. The Bertz CT molecular complexity index is 715. The quantitative estimate of drug-likeness (QED) is 0.893. The fourth-order valence-electron chi connectivity index (χ4n) is 3.41. The Hall–Kier alpha value is -1.99. The zero-order valence-corrected chi connectivity index (χ0v) is 13.1. The number of fused-ring (bicyclic) bond motifs is 2. The Morgan fingerprint density at radius 2 is 2.04 bits per heavy atom. The summed E-state index contributed by atoms with van der Waals surface area (Å²) in [5.41, 5.74) is 9.88. The second kappa shape index (κ2) is 6.25. The van der Waals surface area contributed by atoms with Crippen molar-refractivity contribution in [2.24, 2.45) is 0 Å². The molecular weight excluding hydrogens is 294 g/mol. The first-order chi connectivity index (χ1) is 11.3. The molecule has 2 aliphatic heterocycles. The number of aromatic nitrogens is 3. The zero-order chi connectivity index (χ0) is 15.6. The van der Waals surface area contributed by atoms with E-state index in [-0.39, 0.29) is 5.95 Å². The van der Waals surface area contributed by atoms with Gasteiger partial charge in [0.15, 0.2) is 0 Å². The van der Waals surface area contributed by atoms with Crippen LogP contribution in [0.4, 0.5) is 5.95 Å². The van der Waals surface area contributed by atoms with Gasteiger partial charge in [0.25, 0.3) is 0 Å². The molecule has 122 valence electrons. The molecule has 3 heterocycles. The topological polar surface area (TPSA) is 86.4 Å². The molecule has 23 heavy (non-hydrogen) atoms. The van der Waals surface area contributed by atoms with Crippen LogP contribution >= 0.6 is 0 Å². The van der Waals surface area contributed by atoms with Crippen LogP contribution in [0.25, 0.3) is 11.0 Å². The van der Waals surface area contributed by atoms with Crippen molar-refractivity contribution < 1.29 is 9.47 Å². The van der Waals surface area contributed by atoms with Gasteiger partial charge in [0.1, 0.15) is 11.3 Å². The van der Waals surface area contributed by atoms with Gasteiger partial charge in [-0.1, -0.05) is 0 Å². The number of aryl methyl sites for hydroxylation is 1. The Balaban J connectivity index is 1.58. The number of nitrogens with zero attached hydrogens (tertiary/aromatic N) is 4. The number of benzene rings is 1. The highest BCUT2D eigenvalue weighted by atomic mass is 16.5. The van der Waals surface area contributed by atoms with Crippen LogP contribution in [-0.2, 0) is 17.6 Å². The molecule has 2 N–H and O–H groups in total. The molecule has 4 rings (SSSR count). The maximum Gasteiger partial charge on any atom is 0.240 e. The van der Waals surface area contributed by atoms with E-state index in [4.69, 9.17) is 15.2 Å². The minimum Gasteiger partial charge on any atom is -0.493 e. The van der Waals surface area contributed by atoms with Crippen molar-refractivity contribution >= 4 is 17.0 Å². The first-order valence-corrected chi connectivity index (χ1v) is 8.19. The lowest BCUT2D eigenvalue weighted by molar-refractivity contribution is 0.0375. The lowest BCUT2D eigenvalue weighted by Gasteiger charge is -2.26. The monoisotopic (exact) mass is 315 g/mol. The van der Waals surface area contributed by atoms with Crippen LogP contribution in [0.3, 0.4) is 0 Å². The number of nitrogens with two attached hydrogens (primary N) is 1. The van der Waals surface area contributed by atoms with Crippen LogP contribution in [0.15, 0.2) is 6.07 Å². The third-order valence-corrected chi connectivity index (χ3v) is 4.56. The summed E-state index contributed by atoms with van der Waals surface area (Å²) in [7, 11) is 0. The van der Waals surface area contributed by atoms with E-state index in [2.05, 4.69) is 20.1 Å². The summed E-state index contributed by atoms with van der Waals surface area (Å²) < 4.78 is 11.1. The molecule has 7 nitrogen and oxygen atoms in total. The van der Waals surface area contributed by atoms with Gasteiger partial charge in [-0.3, -0.25) is 4.90 Å². The predicted octanol–water partition coefficient (Wildman–Crippen LogP) is 0.807. The van der Waals surface area contributed by atoms with E-state index in [9.17, 15) is 0 Å². The number of nitrogen functional groups attached to an aromatic ring is 1. The van der Waals surface area contributed by atoms with E-state index in [0.717, 1.165) is 75.5 Å². The minimum absolute atomic E-state index is 0.228. The summed E-state index contributed by atoms with van der Waals surface area (Å²) in [4.78, 5) is 6.88. The summed E-state index contributed by atoms with van der Waals surface area (Å²) >= 11 is 0. The molecule has 0 saturated carbocycles. The Labute approximate surface area is 134 Å². The van der Waals surface area contributed by atoms with Crippen molar-refractivity contribution in [3.8, 4) is 5.75 Å². The van der Waals surface area contributed by atoms with Crippen molar-refractivity contribution in [1.82, 2.24) is 20.1 Å². The standard InChI is InChI=1S/C16H21N5O2/c17-16-18-15-12(2-1-4-21-5-8-22-9-6-21)11-3-7-23-14(11)10-13(15)19-20-16/h10H,1-9H2,(H2,17,18,20). The summed E-state index contributed by atoms with van der Waals surface area (Å²) in [6.45, 7) is 5.52. The lowest BCUT2D eigenvalue weighted by atomic mass is 9.98. The van der Waals surface area contributed by atoms with Gasteiger partial charge in [0.2, 0.25) is 5.95 Å². The number of morpholine rings is 1. The van der Waals surface area contributed by atoms with Gasteiger partial charge in [-0.05, 0) is 24.9 Å².